The fraction of sp³-hybridized carbons (Fsp3) is 0.357. The van der Waals surface area contributed by atoms with Crippen LogP contribution in [0.5, 0.6) is 0 Å². The Morgan fingerprint density at radius 2 is 2.11 bits per heavy atom. The zero-order chi connectivity index (χ0) is 12.6. The summed E-state index contributed by atoms with van der Waals surface area (Å²) in [5, 5.41) is 12.2. The van der Waals surface area contributed by atoms with E-state index in [4.69, 9.17) is 0 Å². The molecule has 1 aromatic heterocycles. The minimum absolute atomic E-state index is 0.132. The van der Waals surface area contributed by atoms with Gasteiger partial charge in [0.2, 0.25) is 0 Å². The number of hydrogen-bond acceptors (Lipinski definition) is 3. The number of aliphatic hydroxyl groups excluding tert-OH is 1. The summed E-state index contributed by atoms with van der Waals surface area (Å²) in [5.41, 5.74) is 1.29. The summed E-state index contributed by atoms with van der Waals surface area (Å²) in [6.07, 6.45) is 3.08. The number of nitrogens with zero attached hydrogens (tertiary/aromatic N) is 1. The number of benzene rings is 1. The molecule has 2 nitrogen and oxygen atoms in total. The van der Waals surface area contributed by atoms with E-state index in [0.717, 1.165) is 25.0 Å². The third kappa shape index (κ3) is 1.76. The van der Waals surface area contributed by atoms with E-state index in [0.29, 0.717) is 10.6 Å². The van der Waals surface area contributed by atoms with Crippen molar-refractivity contribution in [2.45, 2.75) is 24.7 Å². The molecular weight excluding hydrogens is 249 g/mol. The number of aliphatic hydroxyl groups is 1. The van der Waals surface area contributed by atoms with E-state index in [2.05, 4.69) is 4.98 Å². The van der Waals surface area contributed by atoms with Crippen LogP contribution in [-0.2, 0) is 5.41 Å². The van der Waals surface area contributed by atoms with Crippen molar-refractivity contribution in [2.75, 3.05) is 6.61 Å². The molecule has 0 bridgehead atoms. The van der Waals surface area contributed by atoms with Crippen molar-refractivity contribution in [3.8, 4) is 10.6 Å². The number of hydrogen-bond donors (Lipinski definition) is 1. The van der Waals surface area contributed by atoms with Crippen LogP contribution >= 0.6 is 11.3 Å². The topological polar surface area (TPSA) is 33.1 Å². The first kappa shape index (κ1) is 11.8. The quantitative estimate of drug-likeness (QED) is 0.921. The first-order chi connectivity index (χ1) is 8.75. The molecule has 1 aliphatic rings. The standard InChI is InChI=1S/C14H14FNOS/c15-11-5-2-1-4-10(11)13-16-12(8-18-13)14(9-17)6-3-7-14/h1-2,4-5,8,17H,3,6-7,9H2. The predicted octanol–water partition coefficient (Wildman–Crippen LogP) is 3.36. The van der Waals surface area contributed by atoms with Gasteiger partial charge < -0.3 is 5.11 Å². The van der Waals surface area contributed by atoms with Crippen LogP contribution in [0.4, 0.5) is 4.39 Å². The molecule has 0 radical (unpaired) electrons. The predicted molar refractivity (Wildman–Crippen MR) is 70.1 cm³/mol. The molecule has 1 N–H and O–H groups in total. The summed E-state index contributed by atoms with van der Waals surface area (Å²) < 4.78 is 13.7. The van der Waals surface area contributed by atoms with Crippen LogP contribution < -0.4 is 0 Å². The van der Waals surface area contributed by atoms with Gasteiger partial charge in [0.1, 0.15) is 10.8 Å². The number of thiazole rings is 1. The van der Waals surface area contributed by atoms with Gasteiger partial charge in [0.15, 0.2) is 0 Å². The van der Waals surface area contributed by atoms with Gasteiger partial charge in [-0.1, -0.05) is 18.6 Å². The van der Waals surface area contributed by atoms with Crippen LogP contribution in [0.3, 0.4) is 0 Å². The highest BCUT2D eigenvalue weighted by molar-refractivity contribution is 7.13. The molecular formula is C14H14FNOS. The number of aromatic nitrogens is 1. The lowest BCUT2D eigenvalue weighted by Crippen LogP contribution is -2.38. The molecule has 1 aromatic carbocycles. The summed E-state index contributed by atoms with van der Waals surface area (Å²) in [4.78, 5) is 4.52. The van der Waals surface area contributed by atoms with Gasteiger partial charge in [-0.05, 0) is 25.0 Å². The summed E-state index contributed by atoms with van der Waals surface area (Å²) in [6.45, 7) is 0.132. The van der Waals surface area contributed by atoms with Crippen molar-refractivity contribution in [1.29, 1.82) is 0 Å². The van der Waals surface area contributed by atoms with Gasteiger partial charge in [-0.3, -0.25) is 0 Å². The van der Waals surface area contributed by atoms with E-state index < -0.39 is 0 Å². The summed E-state index contributed by atoms with van der Waals surface area (Å²) in [7, 11) is 0. The van der Waals surface area contributed by atoms with Crippen molar-refractivity contribution >= 4 is 11.3 Å². The van der Waals surface area contributed by atoms with Crippen LogP contribution in [0.25, 0.3) is 10.6 Å². The zero-order valence-corrected chi connectivity index (χ0v) is 10.7. The van der Waals surface area contributed by atoms with Crippen LogP contribution in [-0.4, -0.2) is 16.7 Å². The lowest BCUT2D eigenvalue weighted by Gasteiger charge is -2.38. The fourth-order valence-electron chi connectivity index (χ4n) is 2.37. The lowest BCUT2D eigenvalue weighted by molar-refractivity contribution is 0.117. The highest BCUT2D eigenvalue weighted by Crippen LogP contribution is 2.44. The van der Waals surface area contributed by atoms with Gasteiger partial charge >= 0.3 is 0 Å². The lowest BCUT2D eigenvalue weighted by atomic mass is 9.67. The minimum atomic E-state index is -0.245. The molecule has 0 saturated heterocycles. The van der Waals surface area contributed by atoms with Gasteiger partial charge in [0, 0.05) is 16.4 Å². The molecule has 0 spiro atoms. The van der Waals surface area contributed by atoms with E-state index in [-0.39, 0.29) is 17.8 Å². The Labute approximate surface area is 109 Å². The maximum Gasteiger partial charge on any atom is 0.133 e. The average Bonchev–Trinajstić information content (AvgIpc) is 2.79. The van der Waals surface area contributed by atoms with Crippen molar-refractivity contribution in [1.82, 2.24) is 4.98 Å². The largest absolute Gasteiger partial charge is 0.395 e. The molecule has 0 atom stereocenters. The molecule has 1 fully saturated rings. The Balaban J connectivity index is 1.97. The SMILES string of the molecule is OCC1(c2csc(-c3ccccc3F)n2)CCC1. The second kappa shape index (κ2) is 4.44. The Bertz CT molecular complexity index is 557. The minimum Gasteiger partial charge on any atom is -0.395 e. The molecule has 1 aliphatic carbocycles. The summed E-state index contributed by atoms with van der Waals surface area (Å²) in [6, 6.07) is 6.67. The van der Waals surface area contributed by atoms with Gasteiger partial charge in [0.05, 0.1) is 12.3 Å². The van der Waals surface area contributed by atoms with Crippen LogP contribution in [0.1, 0.15) is 25.0 Å². The molecule has 4 heteroatoms. The van der Waals surface area contributed by atoms with E-state index in [1.807, 2.05) is 11.4 Å². The highest BCUT2D eigenvalue weighted by Gasteiger charge is 2.40. The van der Waals surface area contributed by atoms with Gasteiger partial charge in [0.25, 0.3) is 0 Å². The maximum atomic E-state index is 13.7. The van der Waals surface area contributed by atoms with E-state index in [1.165, 1.54) is 17.4 Å². The molecule has 3 rings (SSSR count). The van der Waals surface area contributed by atoms with Crippen LogP contribution in [0, 0.1) is 5.82 Å². The van der Waals surface area contributed by atoms with Gasteiger partial charge in [-0.15, -0.1) is 11.3 Å². The van der Waals surface area contributed by atoms with E-state index >= 15 is 0 Å². The smallest absolute Gasteiger partial charge is 0.133 e. The first-order valence-electron chi connectivity index (χ1n) is 6.07. The molecule has 0 amide bonds. The molecule has 1 heterocycles. The third-order valence-electron chi connectivity index (χ3n) is 3.77. The first-order valence-corrected chi connectivity index (χ1v) is 6.95. The van der Waals surface area contributed by atoms with Crippen molar-refractivity contribution in [2.24, 2.45) is 0 Å². The van der Waals surface area contributed by atoms with E-state index in [9.17, 15) is 9.50 Å². The number of rotatable bonds is 3. The average molecular weight is 263 g/mol. The van der Waals surface area contributed by atoms with Crippen LogP contribution in [0.15, 0.2) is 29.6 Å². The summed E-state index contributed by atoms with van der Waals surface area (Å²) in [5.74, 6) is -0.245. The Kier molecular flexibility index (Phi) is 2.92. The van der Waals surface area contributed by atoms with Gasteiger partial charge in [-0.25, -0.2) is 9.37 Å². The van der Waals surface area contributed by atoms with Crippen molar-refractivity contribution < 1.29 is 9.50 Å². The third-order valence-corrected chi connectivity index (χ3v) is 4.64. The monoisotopic (exact) mass is 263 g/mol. The highest BCUT2D eigenvalue weighted by atomic mass is 32.1. The molecule has 94 valence electrons. The summed E-state index contributed by atoms with van der Waals surface area (Å²) >= 11 is 1.45. The normalized spacial score (nSPS) is 17.4. The van der Waals surface area contributed by atoms with Crippen molar-refractivity contribution in [3.63, 3.8) is 0 Å². The molecule has 18 heavy (non-hydrogen) atoms. The zero-order valence-electron chi connectivity index (χ0n) is 9.90. The molecule has 0 aliphatic heterocycles. The van der Waals surface area contributed by atoms with Crippen LogP contribution in [0.2, 0.25) is 0 Å². The van der Waals surface area contributed by atoms with E-state index in [1.54, 1.807) is 12.1 Å². The Morgan fingerprint density at radius 1 is 1.33 bits per heavy atom. The fourth-order valence-corrected chi connectivity index (χ4v) is 3.34. The number of halogens is 1. The Morgan fingerprint density at radius 3 is 2.72 bits per heavy atom. The maximum absolute atomic E-state index is 13.7. The molecule has 1 saturated carbocycles. The van der Waals surface area contributed by atoms with Crippen molar-refractivity contribution in [3.05, 3.63) is 41.2 Å². The van der Waals surface area contributed by atoms with Gasteiger partial charge in [-0.2, -0.15) is 0 Å². The second-order valence-electron chi connectivity index (χ2n) is 4.81. The molecule has 2 aromatic rings. The second-order valence-corrected chi connectivity index (χ2v) is 5.67. The Hall–Kier alpha value is -1.26. The molecule has 0 unspecified atom stereocenters.